The van der Waals surface area contributed by atoms with Crippen molar-refractivity contribution < 1.29 is 4.79 Å². The molecule has 4 nitrogen and oxygen atoms in total. The second-order valence-corrected chi connectivity index (χ2v) is 3.90. The summed E-state index contributed by atoms with van der Waals surface area (Å²) < 4.78 is 0. The van der Waals surface area contributed by atoms with E-state index in [2.05, 4.69) is 17.2 Å². The van der Waals surface area contributed by atoms with Crippen molar-refractivity contribution in [3.8, 4) is 0 Å². The minimum Gasteiger partial charge on any atom is -0.364 e. The number of nitrogens with two attached hydrogens (primary N) is 1. The van der Waals surface area contributed by atoms with Crippen LogP contribution in [0.15, 0.2) is 47.6 Å². The van der Waals surface area contributed by atoms with Crippen LogP contribution in [-0.2, 0) is 11.2 Å². The van der Waals surface area contributed by atoms with Crippen LogP contribution in [0, 0.1) is 0 Å². The number of rotatable bonds is 4. The van der Waals surface area contributed by atoms with Crippen LogP contribution in [0.4, 0.5) is 0 Å². The Morgan fingerprint density at radius 1 is 1.35 bits per heavy atom. The summed E-state index contributed by atoms with van der Waals surface area (Å²) >= 11 is 0. The highest BCUT2D eigenvalue weighted by Crippen LogP contribution is 2.04. The van der Waals surface area contributed by atoms with Crippen molar-refractivity contribution in [2.45, 2.75) is 6.42 Å². The zero-order chi connectivity index (χ0) is 12.1. The van der Waals surface area contributed by atoms with Crippen LogP contribution >= 0.6 is 0 Å². The second kappa shape index (κ2) is 5.30. The van der Waals surface area contributed by atoms with Crippen molar-refractivity contribution in [1.29, 1.82) is 0 Å². The molecule has 0 saturated carbocycles. The molecule has 88 valence electrons. The maximum Gasteiger partial charge on any atom is 0.269 e. The Morgan fingerprint density at radius 3 is 2.82 bits per heavy atom. The van der Waals surface area contributed by atoms with E-state index in [0.717, 1.165) is 19.5 Å². The first-order valence-electron chi connectivity index (χ1n) is 5.59. The summed E-state index contributed by atoms with van der Waals surface area (Å²) in [6.07, 6.45) is 4.48. The molecule has 2 N–H and O–H groups in total. The van der Waals surface area contributed by atoms with Crippen molar-refractivity contribution in [3.05, 3.63) is 48.0 Å². The van der Waals surface area contributed by atoms with Gasteiger partial charge < -0.3 is 5.73 Å². The third-order valence-corrected chi connectivity index (χ3v) is 2.59. The van der Waals surface area contributed by atoms with Crippen LogP contribution in [0.5, 0.6) is 0 Å². The number of primary amides is 1. The van der Waals surface area contributed by atoms with Crippen molar-refractivity contribution >= 4 is 11.6 Å². The molecule has 1 amide bonds. The van der Waals surface area contributed by atoms with E-state index in [1.807, 2.05) is 29.3 Å². The first-order valence-corrected chi connectivity index (χ1v) is 5.59. The van der Waals surface area contributed by atoms with Crippen molar-refractivity contribution in [3.63, 3.8) is 0 Å². The Hall–Kier alpha value is -2.10. The third kappa shape index (κ3) is 3.17. The summed E-state index contributed by atoms with van der Waals surface area (Å²) in [6.45, 7) is 1.51. The highest BCUT2D eigenvalue weighted by atomic mass is 16.1. The predicted molar refractivity (Wildman–Crippen MR) is 67.5 cm³/mol. The molecule has 1 heterocycles. The van der Waals surface area contributed by atoms with Gasteiger partial charge in [0.15, 0.2) is 0 Å². The minimum absolute atomic E-state index is 0.323. The van der Waals surface area contributed by atoms with Gasteiger partial charge in [-0.1, -0.05) is 36.4 Å². The van der Waals surface area contributed by atoms with Gasteiger partial charge in [0.25, 0.3) is 5.91 Å². The summed E-state index contributed by atoms with van der Waals surface area (Å²) in [5.74, 6) is -0.481. The predicted octanol–water partition coefficient (Wildman–Crippen LogP) is 0.942. The van der Waals surface area contributed by atoms with Gasteiger partial charge in [-0.15, -0.1) is 0 Å². The summed E-state index contributed by atoms with van der Waals surface area (Å²) in [7, 11) is 0. The molecule has 0 bridgehead atoms. The van der Waals surface area contributed by atoms with E-state index < -0.39 is 5.91 Å². The monoisotopic (exact) mass is 229 g/mol. The fourth-order valence-electron chi connectivity index (χ4n) is 1.69. The molecule has 0 atom stereocenters. The first-order chi connectivity index (χ1) is 8.25. The van der Waals surface area contributed by atoms with Crippen LogP contribution in [0.1, 0.15) is 5.56 Å². The van der Waals surface area contributed by atoms with Crippen molar-refractivity contribution in [2.24, 2.45) is 10.8 Å². The van der Waals surface area contributed by atoms with Gasteiger partial charge in [0.2, 0.25) is 0 Å². The van der Waals surface area contributed by atoms with E-state index in [1.54, 1.807) is 6.08 Å². The maximum atomic E-state index is 11.0. The lowest BCUT2D eigenvalue weighted by Crippen LogP contribution is -2.31. The molecular formula is C13H15N3O. The lowest BCUT2D eigenvalue weighted by molar-refractivity contribution is -0.112. The lowest BCUT2D eigenvalue weighted by Gasteiger charge is -2.20. The van der Waals surface area contributed by atoms with E-state index >= 15 is 0 Å². The molecule has 4 heteroatoms. The van der Waals surface area contributed by atoms with Gasteiger partial charge in [-0.2, -0.15) is 5.10 Å². The molecule has 17 heavy (non-hydrogen) atoms. The zero-order valence-corrected chi connectivity index (χ0v) is 9.54. The Morgan fingerprint density at radius 2 is 2.12 bits per heavy atom. The first kappa shape index (κ1) is 11.4. The Kier molecular flexibility index (Phi) is 3.55. The molecule has 0 unspecified atom stereocenters. The molecule has 1 aromatic rings. The molecule has 0 radical (unpaired) electrons. The molecule has 1 aliphatic heterocycles. The molecule has 1 aromatic carbocycles. The Labute approximate surface area is 100 Å². The van der Waals surface area contributed by atoms with Crippen LogP contribution in [-0.4, -0.2) is 29.7 Å². The molecule has 0 aromatic heterocycles. The van der Waals surface area contributed by atoms with Crippen molar-refractivity contribution in [2.75, 3.05) is 13.1 Å². The number of carbonyl (C=O) groups is 1. The Balaban J connectivity index is 1.93. The van der Waals surface area contributed by atoms with Crippen LogP contribution in [0.3, 0.4) is 0 Å². The van der Waals surface area contributed by atoms with E-state index in [1.165, 1.54) is 5.56 Å². The standard InChI is InChI=1S/C13H15N3O/c14-13(17)12-7-4-9-16(15-12)10-8-11-5-2-1-3-6-11/h1-7H,8-10H2,(H2,14,17). The molecule has 2 rings (SSSR count). The highest BCUT2D eigenvalue weighted by molar-refractivity contribution is 6.42. The Bertz CT molecular complexity index is 451. The average Bonchev–Trinajstić information content (AvgIpc) is 2.38. The molecular weight excluding hydrogens is 214 g/mol. The maximum absolute atomic E-state index is 11.0. The summed E-state index contributed by atoms with van der Waals surface area (Å²) in [6, 6.07) is 10.2. The lowest BCUT2D eigenvalue weighted by atomic mass is 10.1. The summed E-state index contributed by atoms with van der Waals surface area (Å²) in [4.78, 5) is 11.0. The molecule has 1 aliphatic rings. The number of carbonyl (C=O) groups excluding carboxylic acids is 1. The van der Waals surface area contributed by atoms with Gasteiger partial charge in [0.1, 0.15) is 5.71 Å². The summed E-state index contributed by atoms with van der Waals surface area (Å²) in [5.41, 5.74) is 6.77. The van der Waals surface area contributed by atoms with E-state index in [-0.39, 0.29) is 0 Å². The van der Waals surface area contributed by atoms with E-state index in [9.17, 15) is 4.79 Å². The minimum atomic E-state index is -0.481. The van der Waals surface area contributed by atoms with E-state index in [4.69, 9.17) is 5.73 Å². The number of amides is 1. The number of benzene rings is 1. The SMILES string of the molecule is NC(=O)C1=NN(CCc2ccccc2)CC=C1. The average molecular weight is 229 g/mol. The largest absolute Gasteiger partial charge is 0.364 e. The van der Waals surface area contributed by atoms with Crippen molar-refractivity contribution in [1.82, 2.24) is 5.01 Å². The smallest absolute Gasteiger partial charge is 0.269 e. The number of nitrogens with zero attached hydrogens (tertiary/aromatic N) is 2. The van der Waals surface area contributed by atoms with Crippen LogP contribution in [0.25, 0.3) is 0 Å². The molecule has 0 saturated heterocycles. The van der Waals surface area contributed by atoms with Gasteiger partial charge in [0.05, 0.1) is 6.54 Å². The van der Waals surface area contributed by atoms with Gasteiger partial charge >= 0.3 is 0 Å². The number of hydrogen-bond donors (Lipinski definition) is 1. The normalized spacial score (nSPS) is 14.6. The second-order valence-electron chi connectivity index (χ2n) is 3.90. The summed E-state index contributed by atoms with van der Waals surface area (Å²) in [5, 5.41) is 6.04. The number of hydrazone groups is 1. The topological polar surface area (TPSA) is 58.7 Å². The quantitative estimate of drug-likeness (QED) is 0.835. The molecule has 0 fully saturated rings. The van der Waals surface area contributed by atoms with E-state index in [0.29, 0.717) is 5.71 Å². The van der Waals surface area contributed by atoms with Crippen LogP contribution < -0.4 is 5.73 Å². The van der Waals surface area contributed by atoms with Gasteiger partial charge in [-0.3, -0.25) is 9.80 Å². The number of hydrogen-bond acceptors (Lipinski definition) is 3. The van der Waals surface area contributed by atoms with Gasteiger partial charge in [-0.05, 0) is 18.1 Å². The van der Waals surface area contributed by atoms with Crippen LogP contribution in [0.2, 0.25) is 0 Å². The molecule has 0 spiro atoms. The molecule has 0 aliphatic carbocycles. The highest BCUT2D eigenvalue weighted by Gasteiger charge is 2.10. The van der Waals surface area contributed by atoms with Gasteiger partial charge in [0, 0.05) is 6.54 Å². The zero-order valence-electron chi connectivity index (χ0n) is 9.54. The van der Waals surface area contributed by atoms with Gasteiger partial charge in [-0.25, -0.2) is 0 Å². The third-order valence-electron chi connectivity index (χ3n) is 2.59. The fraction of sp³-hybridized carbons (Fsp3) is 0.231. The fourth-order valence-corrected chi connectivity index (χ4v) is 1.69.